The number of carbonyl (C=O) groups excluding carboxylic acids is 1. The highest BCUT2D eigenvalue weighted by molar-refractivity contribution is 5.97. The molecule has 1 aliphatic heterocycles. The highest BCUT2D eigenvalue weighted by atomic mass is 16.5. The van der Waals surface area contributed by atoms with Gasteiger partial charge in [-0.2, -0.15) is 5.10 Å². The molecule has 4 rings (SSSR count). The minimum Gasteiger partial charge on any atom is -0.491 e. The molecule has 176 valence electrons. The van der Waals surface area contributed by atoms with Crippen molar-refractivity contribution >= 4 is 16.9 Å². The fourth-order valence-electron chi connectivity index (χ4n) is 4.33. The molecular weight excluding hydrogens is 422 g/mol. The zero-order valence-corrected chi connectivity index (χ0v) is 19.9. The third-order valence-electron chi connectivity index (χ3n) is 5.98. The number of rotatable bonds is 7. The van der Waals surface area contributed by atoms with Gasteiger partial charge < -0.3 is 18.8 Å². The van der Waals surface area contributed by atoms with E-state index in [2.05, 4.69) is 20.8 Å². The Morgan fingerprint density at radius 3 is 2.73 bits per heavy atom. The second-order valence-corrected chi connectivity index (χ2v) is 9.32. The predicted octanol–water partition coefficient (Wildman–Crippen LogP) is 4.06. The van der Waals surface area contributed by atoms with E-state index < -0.39 is 5.97 Å². The van der Waals surface area contributed by atoms with Crippen molar-refractivity contribution in [2.45, 2.75) is 46.7 Å². The van der Waals surface area contributed by atoms with Crippen molar-refractivity contribution in [2.75, 3.05) is 26.9 Å². The summed E-state index contributed by atoms with van der Waals surface area (Å²) in [6.45, 7) is 10.1. The lowest BCUT2D eigenvalue weighted by Gasteiger charge is -2.38. The normalized spacial score (nSPS) is 15.2. The summed E-state index contributed by atoms with van der Waals surface area (Å²) in [5, 5.41) is 5.79. The van der Waals surface area contributed by atoms with Gasteiger partial charge in [0.15, 0.2) is 5.43 Å². The zero-order chi connectivity index (χ0) is 23.8. The Balaban J connectivity index is 1.87. The molecule has 0 spiro atoms. The van der Waals surface area contributed by atoms with E-state index in [4.69, 9.17) is 19.3 Å². The molecule has 0 radical (unpaired) electrons. The van der Waals surface area contributed by atoms with Crippen molar-refractivity contribution in [1.82, 2.24) is 14.3 Å². The SMILES string of the molecule is CCOC(=O)c1cn2c(cc1=O)-c1c3cccc(OCCCOC)c3nn1CC2C(C)(C)C. The molecule has 3 aromatic rings. The number of nitrogens with zero attached hydrogens (tertiary/aromatic N) is 3. The first-order valence-electron chi connectivity index (χ1n) is 11.3. The molecule has 0 bridgehead atoms. The fourth-order valence-corrected chi connectivity index (χ4v) is 4.33. The highest BCUT2D eigenvalue weighted by Crippen LogP contribution is 2.43. The van der Waals surface area contributed by atoms with Crippen LogP contribution in [0.15, 0.2) is 35.3 Å². The maximum absolute atomic E-state index is 12.9. The van der Waals surface area contributed by atoms with Crippen LogP contribution in [-0.2, 0) is 16.0 Å². The van der Waals surface area contributed by atoms with Crippen LogP contribution in [0.3, 0.4) is 0 Å². The summed E-state index contributed by atoms with van der Waals surface area (Å²) in [4.78, 5) is 25.3. The zero-order valence-electron chi connectivity index (χ0n) is 19.9. The van der Waals surface area contributed by atoms with E-state index in [-0.39, 0.29) is 29.1 Å². The number of benzene rings is 1. The summed E-state index contributed by atoms with van der Waals surface area (Å²) in [6.07, 6.45) is 2.43. The first-order valence-corrected chi connectivity index (χ1v) is 11.3. The molecule has 1 aliphatic rings. The van der Waals surface area contributed by atoms with E-state index in [9.17, 15) is 9.59 Å². The second kappa shape index (κ2) is 9.02. The maximum Gasteiger partial charge on any atom is 0.343 e. The van der Waals surface area contributed by atoms with Crippen LogP contribution in [0, 0.1) is 5.41 Å². The first-order chi connectivity index (χ1) is 15.8. The first kappa shape index (κ1) is 23.0. The Kier molecular flexibility index (Phi) is 6.30. The summed E-state index contributed by atoms with van der Waals surface area (Å²) >= 11 is 0. The van der Waals surface area contributed by atoms with Crippen molar-refractivity contribution in [1.29, 1.82) is 0 Å². The van der Waals surface area contributed by atoms with Gasteiger partial charge in [-0.3, -0.25) is 9.48 Å². The molecule has 0 saturated carbocycles. The van der Waals surface area contributed by atoms with Gasteiger partial charge in [0.2, 0.25) is 0 Å². The van der Waals surface area contributed by atoms with Gasteiger partial charge in [0.1, 0.15) is 16.8 Å². The Bertz CT molecular complexity index is 1240. The van der Waals surface area contributed by atoms with Crippen LogP contribution in [0.2, 0.25) is 0 Å². The van der Waals surface area contributed by atoms with Crippen molar-refractivity contribution in [3.63, 3.8) is 0 Å². The molecule has 1 unspecified atom stereocenters. The standard InChI is InChI=1S/C25H31N3O5/c1-6-32-24(30)17-14-27-18(13-19(17)29)23-16-9-7-10-20(33-12-8-11-31-5)22(16)26-28(23)15-21(27)25(2,3)4/h7,9-10,13-14,21H,6,8,11-12,15H2,1-5H3. The molecule has 0 aliphatic carbocycles. The third-order valence-corrected chi connectivity index (χ3v) is 5.98. The van der Waals surface area contributed by atoms with Crippen LogP contribution in [0.1, 0.15) is 50.5 Å². The van der Waals surface area contributed by atoms with Crippen molar-refractivity contribution in [2.24, 2.45) is 5.41 Å². The van der Waals surface area contributed by atoms with Crippen molar-refractivity contribution in [3.05, 3.63) is 46.2 Å². The third kappa shape index (κ3) is 4.27. The van der Waals surface area contributed by atoms with Crippen molar-refractivity contribution in [3.8, 4) is 17.1 Å². The minimum atomic E-state index is -0.596. The van der Waals surface area contributed by atoms with E-state index in [0.29, 0.717) is 25.5 Å². The van der Waals surface area contributed by atoms with Crippen LogP contribution in [0.5, 0.6) is 5.75 Å². The number of aromatic nitrogens is 3. The van der Waals surface area contributed by atoms with E-state index in [1.54, 1.807) is 20.2 Å². The molecule has 8 nitrogen and oxygen atoms in total. The molecule has 0 N–H and O–H groups in total. The lowest BCUT2D eigenvalue weighted by Crippen LogP contribution is -2.35. The maximum atomic E-state index is 12.9. The van der Waals surface area contributed by atoms with Crippen LogP contribution in [-0.4, -0.2) is 47.2 Å². The van der Waals surface area contributed by atoms with E-state index in [1.165, 1.54) is 6.07 Å². The molecule has 1 atom stereocenters. The van der Waals surface area contributed by atoms with Crippen LogP contribution in [0.25, 0.3) is 22.3 Å². The van der Waals surface area contributed by atoms with Crippen molar-refractivity contribution < 1.29 is 19.0 Å². The average Bonchev–Trinajstić information content (AvgIpc) is 3.15. The van der Waals surface area contributed by atoms with Gasteiger partial charge in [-0.25, -0.2) is 4.79 Å². The molecule has 8 heteroatoms. The van der Waals surface area contributed by atoms with Gasteiger partial charge in [0.05, 0.1) is 37.2 Å². The number of hydrogen-bond donors (Lipinski definition) is 0. The quantitative estimate of drug-likeness (QED) is 0.396. The minimum absolute atomic E-state index is 0.0193. The van der Waals surface area contributed by atoms with Gasteiger partial charge >= 0.3 is 5.97 Å². The smallest absolute Gasteiger partial charge is 0.343 e. The molecule has 0 fully saturated rings. The molecule has 0 saturated heterocycles. The molecule has 3 heterocycles. The van der Waals surface area contributed by atoms with Crippen LogP contribution >= 0.6 is 0 Å². The number of pyridine rings is 1. The van der Waals surface area contributed by atoms with E-state index in [0.717, 1.165) is 28.7 Å². The van der Waals surface area contributed by atoms with Gasteiger partial charge in [-0.05, 0) is 18.4 Å². The summed E-state index contributed by atoms with van der Waals surface area (Å²) < 4.78 is 20.2. The number of methoxy groups -OCH3 is 1. The van der Waals surface area contributed by atoms with Crippen LogP contribution in [0.4, 0.5) is 0 Å². The Labute approximate surface area is 193 Å². The summed E-state index contributed by atoms with van der Waals surface area (Å²) in [5.74, 6) is 0.107. The van der Waals surface area contributed by atoms with E-state index in [1.807, 2.05) is 27.4 Å². The van der Waals surface area contributed by atoms with E-state index >= 15 is 0 Å². The number of carbonyl (C=O) groups is 1. The topological polar surface area (TPSA) is 84.6 Å². The highest BCUT2D eigenvalue weighted by Gasteiger charge is 2.35. The molecule has 0 amide bonds. The van der Waals surface area contributed by atoms with Gasteiger partial charge in [-0.15, -0.1) is 0 Å². The Hall–Kier alpha value is -3.13. The monoisotopic (exact) mass is 453 g/mol. The number of ether oxygens (including phenoxy) is 3. The molecular formula is C25H31N3O5. The lowest BCUT2D eigenvalue weighted by molar-refractivity contribution is 0.0522. The van der Waals surface area contributed by atoms with Gasteiger partial charge in [0, 0.05) is 37.8 Å². The molecule has 2 aromatic heterocycles. The predicted molar refractivity (Wildman–Crippen MR) is 126 cm³/mol. The Morgan fingerprint density at radius 1 is 1.24 bits per heavy atom. The largest absolute Gasteiger partial charge is 0.491 e. The number of hydrogen-bond acceptors (Lipinski definition) is 6. The second-order valence-electron chi connectivity index (χ2n) is 9.32. The fraction of sp³-hybridized carbons (Fsp3) is 0.480. The van der Waals surface area contributed by atoms with Gasteiger partial charge in [-0.1, -0.05) is 32.9 Å². The molecule has 33 heavy (non-hydrogen) atoms. The summed E-state index contributed by atoms with van der Waals surface area (Å²) in [7, 11) is 1.67. The summed E-state index contributed by atoms with van der Waals surface area (Å²) in [5.41, 5.74) is 1.88. The lowest BCUT2D eigenvalue weighted by atomic mass is 9.85. The Morgan fingerprint density at radius 2 is 2.03 bits per heavy atom. The van der Waals surface area contributed by atoms with Gasteiger partial charge in [0.25, 0.3) is 0 Å². The summed E-state index contributed by atoms with van der Waals surface area (Å²) in [6, 6.07) is 7.34. The average molecular weight is 454 g/mol. The molecule has 1 aromatic carbocycles. The van der Waals surface area contributed by atoms with Crippen LogP contribution < -0.4 is 10.2 Å². The number of esters is 1. The number of fused-ring (bicyclic) bond motifs is 5.